The molecule has 0 saturated carbocycles. The average Bonchev–Trinajstić information content (AvgIpc) is 3.19. The predicted molar refractivity (Wildman–Crippen MR) is 100 cm³/mol. The van der Waals surface area contributed by atoms with E-state index in [0.29, 0.717) is 27.9 Å². The Morgan fingerprint density at radius 1 is 1.27 bits per heavy atom. The largest absolute Gasteiger partial charge is 0.451 e. The third kappa shape index (κ3) is 2.90. The van der Waals surface area contributed by atoms with Crippen LogP contribution in [-0.4, -0.2) is 15.7 Å². The highest BCUT2D eigenvalue weighted by Crippen LogP contribution is 2.28. The van der Waals surface area contributed by atoms with Gasteiger partial charge in [0.05, 0.1) is 22.0 Å². The minimum Gasteiger partial charge on any atom is -0.451 e. The minimum absolute atomic E-state index is 0.155. The van der Waals surface area contributed by atoms with Crippen LogP contribution in [0.5, 0.6) is 0 Å². The van der Waals surface area contributed by atoms with E-state index in [9.17, 15) is 9.18 Å². The molecule has 7 heteroatoms. The Bertz CT molecular complexity index is 1130. The second-order valence-electron chi connectivity index (χ2n) is 5.77. The fourth-order valence-electron chi connectivity index (χ4n) is 2.80. The van der Waals surface area contributed by atoms with Crippen LogP contribution in [0.2, 0.25) is 0 Å². The van der Waals surface area contributed by atoms with Gasteiger partial charge in [0.2, 0.25) is 0 Å². The van der Waals surface area contributed by atoms with E-state index in [1.807, 2.05) is 18.2 Å². The van der Waals surface area contributed by atoms with Gasteiger partial charge in [-0.3, -0.25) is 4.79 Å². The maximum absolute atomic E-state index is 13.5. The number of halogens is 2. The molecule has 26 heavy (non-hydrogen) atoms. The Kier molecular flexibility index (Phi) is 4.08. The van der Waals surface area contributed by atoms with Crippen molar-refractivity contribution in [1.82, 2.24) is 9.78 Å². The highest BCUT2D eigenvalue weighted by atomic mass is 79.9. The van der Waals surface area contributed by atoms with Gasteiger partial charge in [0.15, 0.2) is 5.76 Å². The molecule has 1 N–H and O–H groups in total. The van der Waals surface area contributed by atoms with Crippen LogP contribution in [0.1, 0.15) is 16.1 Å². The number of furan rings is 1. The molecule has 0 radical (unpaired) electrons. The van der Waals surface area contributed by atoms with E-state index >= 15 is 0 Å². The first kappa shape index (κ1) is 16.5. The molecule has 130 valence electrons. The zero-order chi connectivity index (χ0) is 18.3. The molecule has 0 fully saturated rings. The zero-order valence-corrected chi connectivity index (χ0v) is 15.2. The zero-order valence-electron chi connectivity index (χ0n) is 13.7. The van der Waals surface area contributed by atoms with E-state index in [4.69, 9.17) is 4.42 Å². The molecular weight excluding hydrogens is 401 g/mol. The van der Waals surface area contributed by atoms with Crippen LogP contribution in [0.25, 0.3) is 16.7 Å². The molecule has 2 aromatic heterocycles. The van der Waals surface area contributed by atoms with Crippen LogP contribution in [0.4, 0.5) is 10.1 Å². The van der Waals surface area contributed by atoms with Crippen molar-refractivity contribution in [1.29, 1.82) is 0 Å². The van der Waals surface area contributed by atoms with Gasteiger partial charge in [-0.25, -0.2) is 9.07 Å². The first-order valence-corrected chi connectivity index (χ1v) is 8.62. The van der Waals surface area contributed by atoms with Gasteiger partial charge in [-0.15, -0.1) is 0 Å². The molecule has 4 rings (SSSR count). The lowest BCUT2D eigenvalue weighted by molar-refractivity contribution is 0.0998. The summed E-state index contributed by atoms with van der Waals surface area (Å²) >= 11 is 3.36. The Labute approximate surface area is 156 Å². The second kappa shape index (κ2) is 6.42. The number of para-hydroxylation sites is 2. The number of hydrogen-bond donors (Lipinski definition) is 1. The van der Waals surface area contributed by atoms with Crippen molar-refractivity contribution in [3.8, 4) is 5.69 Å². The van der Waals surface area contributed by atoms with Crippen LogP contribution in [-0.2, 0) is 0 Å². The second-order valence-corrected chi connectivity index (χ2v) is 6.69. The lowest BCUT2D eigenvalue weighted by Crippen LogP contribution is -2.14. The minimum atomic E-state index is -0.405. The lowest BCUT2D eigenvalue weighted by Gasteiger charge is -2.10. The Hall–Kier alpha value is -2.93. The van der Waals surface area contributed by atoms with Crippen LogP contribution < -0.4 is 5.32 Å². The molecule has 0 atom stereocenters. The quantitative estimate of drug-likeness (QED) is 0.509. The van der Waals surface area contributed by atoms with Crippen molar-refractivity contribution in [2.45, 2.75) is 6.92 Å². The van der Waals surface area contributed by atoms with Crippen LogP contribution >= 0.6 is 15.9 Å². The molecule has 1 amide bonds. The Balaban J connectivity index is 1.71. The van der Waals surface area contributed by atoms with Crippen molar-refractivity contribution in [2.75, 3.05) is 5.32 Å². The number of aromatic nitrogens is 2. The van der Waals surface area contributed by atoms with Crippen LogP contribution in [0.15, 0.2) is 63.7 Å². The summed E-state index contributed by atoms with van der Waals surface area (Å²) in [5.41, 5.74) is 2.36. The third-order valence-electron chi connectivity index (χ3n) is 4.05. The number of aryl methyl sites for hydroxylation is 1. The van der Waals surface area contributed by atoms with E-state index < -0.39 is 5.91 Å². The van der Waals surface area contributed by atoms with Gasteiger partial charge in [-0.05, 0) is 53.2 Å². The number of carbonyl (C=O) groups excluding carboxylic acids is 1. The first-order chi connectivity index (χ1) is 12.5. The number of fused-ring (bicyclic) bond motifs is 1. The van der Waals surface area contributed by atoms with Crippen molar-refractivity contribution in [3.63, 3.8) is 0 Å². The fourth-order valence-corrected chi connectivity index (χ4v) is 3.09. The summed E-state index contributed by atoms with van der Waals surface area (Å²) < 4.78 is 21.6. The van der Waals surface area contributed by atoms with E-state index in [1.165, 1.54) is 18.2 Å². The third-order valence-corrected chi connectivity index (χ3v) is 4.46. The molecule has 5 nitrogen and oxygen atoms in total. The number of carbonyl (C=O) groups is 1. The summed E-state index contributed by atoms with van der Waals surface area (Å²) in [6, 6.07) is 11.5. The molecule has 2 heterocycles. The molecule has 0 saturated heterocycles. The Morgan fingerprint density at radius 3 is 2.85 bits per heavy atom. The van der Waals surface area contributed by atoms with Gasteiger partial charge in [0, 0.05) is 17.1 Å². The number of rotatable bonds is 3. The highest BCUT2D eigenvalue weighted by molar-refractivity contribution is 9.10. The molecule has 2 aromatic carbocycles. The van der Waals surface area contributed by atoms with E-state index in [0.717, 1.165) is 4.47 Å². The normalized spacial score (nSPS) is 11.0. The average molecular weight is 414 g/mol. The maximum Gasteiger partial charge on any atom is 0.291 e. The maximum atomic E-state index is 13.5. The van der Waals surface area contributed by atoms with Gasteiger partial charge in [0.25, 0.3) is 5.91 Å². The first-order valence-electron chi connectivity index (χ1n) is 7.82. The summed E-state index contributed by atoms with van der Waals surface area (Å²) in [7, 11) is 0. The molecule has 0 spiro atoms. The molecule has 0 unspecified atom stereocenters. The summed E-state index contributed by atoms with van der Waals surface area (Å²) in [5, 5.41) is 7.67. The Morgan fingerprint density at radius 2 is 2.08 bits per heavy atom. The number of nitrogens with one attached hydrogen (secondary N) is 1. The van der Waals surface area contributed by atoms with Crippen molar-refractivity contribution >= 4 is 38.5 Å². The molecule has 0 aliphatic heterocycles. The lowest BCUT2D eigenvalue weighted by atomic mass is 10.1. The van der Waals surface area contributed by atoms with E-state index in [-0.39, 0.29) is 11.6 Å². The van der Waals surface area contributed by atoms with Crippen LogP contribution in [0.3, 0.4) is 0 Å². The molecular formula is C19H13BrFN3O2. The number of benzene rings is 2. The summed E-state index contributed by atoms with van der Waals surface area (Å²) in [6.07, 6.45) is 3.46. The SMILES string of the molecule is Cc1c(C(=O)Nc2ccccc2-n2cc(Br)cn2)oc2ccc(F)cc12. The van der Waals surface area contributed by atoms with Crippen molar-refractivity contribution in [2.24, 2.45) is 0 Å². The number of amides is 1. The summed E-state index contributed by atoms with van der Waals surface area (Å²) in [4.78, 5) is 12.7. The molecule has 0 aliphatic carbocycles. The number of nitrogens with zero attached hydrogens (tertiary/aromatic N) is 2. The van der Waals surface area contributed by atoms with Gasteiger partial charge in [-0.2, -0.15) is 5.10 Å². The topological polar surface area (TPSA) is 60.1 Å². The predicted octanol–water partition coefficient (Wildman–Crippen LogP) is 5.08. The van der Waals surface area contributed by atoms with Gasteiger partial charge in [-0.1, -0.05) is 12.1 Å². The van der Waals surface area contributed by atoms with Gasteiger partial charge in [0.1, 0.15) is 11.4 Å². The van der Waals surface area contributed by atoms with Crippen molar-refractivity contribution < 1.29 is 13.6 Å². The summed E-state index contributed by atoms with van der Waals surface area (Å²) in [5.74, 6) is -0.622. The van der Waals surface area contributed by atoms with Crippen molar-refractivity contribution in [3.05, 3.63) is 76.5 Å². The van der Waals surface area contributed by atoms with E-state index in [2.05, 4.69) is 26.3 Å². The standard InChI is InChI=1S/C19H13BrFN3O2/c1-11-14-8-13(21)6-7-17(14)26-18(11)19(25)23-15-4-2-3-5-16(15)24-10-12(20)9-22-24/h2-10H,1H3,(H,23,25). The monoisotopic (exact) mass is 413 g/mol. The highest BCUT2D eigenvalue weighted by Gasteiger charge is 2.19. The number of anilines is 1. The number of hydrogen-bond acceptors (Lipinski definition) is 3. The van der Waals surface area contributed by atoms with E-state index in [1.54, 1.807) is 30.1 Å². The fraction of sp³-hybridized carbons (Fsp3) is 0.0526. The smallest absolute Gasteiger partial charge is 0.291 e. The van der Waals surface area contributed by atoms with Gasteiger partial charge >= 0.3 is 0 Å². The van der Waals surface area contributed by atoms with Gasteiger partial charge < -0.3 is 9.73 Å². The molecule has 0 aliphatic rings. The molecule has 4 aromatic rings. The van der Waals surface area contributed by atoms with Crippen LogP contribution in [0, 0.1) is 12.7 Å². The summed E-state index contributed by atoms with van der Waals surface area (Å²) in [6.45, 7) is 1.73. The molecule has 0 bridgehead atoms.